The number of hydrogen-bond acceptors (Lipinski definition) is 4. The van der Waals surface area contributed by atoms with E-state index in [1.165, 1.54) is 5.56 Å². The molecule has 0 aromatic heterocycles. The van der Waals surface area contributed by atoms with Crippen LogP contribution >= 0.6 is 23.4 Å². The van der Waals surface area contributed by atoms with Crippen molar-refractivity contribution in [3.05, 3.63) is 34.9 Å². The lowest BCUT2D eigenvalue weighted by Crippen LogP contribution is -2.45. The van der Waals surface area contributed by atoms with Crippen LogP contribution < -0.4 is 10.6 Å². The summed E-state index contributed by atoms with van der Waals surface area (Å²) in [6.45, 7) is 0.278. The third-order valence-electron chi connectivity index (χ3n) is 4.76. The van der Waals surface area contributed by atoms with E-state index in [1.54, 1.807) is 11.8 Å². The number of halogens is 1. The number of thioether (sulfide) groups is 1. The van der Waals surface area contributed by atoms with Crippen LogP contribution in [0.3, 0.4) is 0 Å². The molecule has 1 spiro atoms. The number of nitrogens with one attached hydrogen (secondary N) is 2. The maximum absolute atomic E-state index is 12.5. The minimum atomic E-state index is -0.758. The zero-order chi connectivity index (χ0) is 18.6. The monoisotopic (exact) mass is 395 g/mol. The largest absolute Gasteiger partial charge is 0.354 e. The van der Waals surface area contributed by atoms with Crippen LogP contribution in [0, 0.1) is 0 Å². The molecule has 0 bridgehead atoms. The molecule has 3 rings (SSSR count). The Kier molecular flexibility index (Phi) is 6.09. The molecule has 4 amide bonds. The molecule has 26 heavy (non-hydrogen) atoms. The van der Waals surface area contributed by atoms with Crippen LogP contribution in [0.1, 0.15) is 31.2 Å². The second-order valence-electron chi connectivity index (χ2n) is 6.64. The fraction of sp³-hybridized carbons (Fsp3) is 0.500. The van der Waals surface area contributed by atoms with Crippen molar-refractivity contribution in [2.45, 2.75) is 37.0 Å². The van der Waals surface area contributed by atoms with Crippen LogP contribution in [-0.4, -0.2) is 47.1 Å². The second kappa shape index (κ2) is 8.31. The van der Waals surface area contributed by atoms with Crippen molar-refractivity contribution in [2.24, 2.45) is 0 Å². The number of rotatable bonds is 7. The topological polar surface area (TPSA) is 78.5 Å². The molecular formula is C18H22ClN3O3S. The zero-order valence-corrected chi connectivity index (χ0v) is 16.0. The SMILES string of the molecule is O=C(CN1C(=O)NC2(CCCC2)C1=O)NCCSCc1ccc(Cl)cc1. The summed E-state index contributed by atoms with van der Waals surface area (Å²) in [7, 11) is 0. The van der Waals surface area contributed by atoms with Crippen LogP contribution in [0.15, 0.2) is 24.3 Å². The van der Waals surface area contributed by atoms with Crippen molar-refractivity contribution in [3.63, 3.8) is 0 Å². The standard InChI is InChI=1S/C18H22ClN3O3S/c19-14-5-3-13(4-6-14)12-26-10-9-20-15(23)11-22-16(24)18(21-17(22)25)7-1-2-8-18/h3-6H,1-2,7-12H2,(H,20,23)(H,21,25). The molecular weight excluding hydrogens is 374 g/mol. The molecule has 8 heteroatoms. The van der Waals surface area contributed by atoms with Crippen LogP contribution in [0.2, 0.25) is 5.02 Å². The Morgan fingerprint density at radius 1 is 1.23 bits per heavy atom. The first-order chi connectivity index (χ1) is 12.5. The van der Waals surface area contributed by atoms with Gasteiger partial charge in [0.05, 0.1) is 0 Å². The Morgan fingerprint density at radius 3 is 2.62 bits per heavy atom. The fourth-order valence-electron chi connectivity index (χ4n) is 3.37. The van der Waals surface area contributed by atoms with Crippen molar-refractivity contribution < 1.29 is 14.4 Å². The van der Waals surface area contributed by atoms with Crippen molar-refractivity contribution in [3.8, 4) is 0 Å². The molecule has 2 aliphatic rings. The highest BCUT2D eigenvalue weighted by molar-refractivity contribution is 7.98. The van der Waals surface area contributed by atoms with E-state index in [9.17, 15) is 14.4 Å². The van der Waals surface area contributed by atoms with E-state index in [2.05, 4.69) is 10.6 Å². The molecule has 140 valence electrons. The van der Waals surface area contributed by atoms with Gasteiger partial charge in [0.2, 0.25) is 5.91 Å². The van der Waals surface area contributed by atoms with Gasteiger partial charge in [-0.25, -0.2) is 4.79 Å². The summed E-state index contributed by atoms with van der Waals surface area (Å²) < 4.78 is 0. The normalized spacial score (nSPS) is 18.4. The van der Waals surface area contributed by atoms with Gasteiger partial charge >= 0.3 is 6.03 Å². The minimum absolute atomic E-state index is 0.214. The molecule has 1 heterocycles. The summed E-state index contributed by atoms with van der Waals surface area (Å²) in [6.07, 6.45) is 3.18. The van der Waals surface area contributed by atoms with E-state index in [4.69, 9.17) is 11.6 Å². The smallest absolute Gasteiger partial charge is 0.325 e. The third-order valence-corrected chi connectivity index (χ3v) is 6.04. The highest BCUT2D eigenvalue weighted by atomic mass is 35.5. The lowest BCUT2D eigenvalue weighted by atomic mass is 9.98. The first kappa shape index (κ1) is 19.0. The molecule has 1 aromatic carbocycles. The Hall–Kier alpha value is -1.73. The Morgan fingerprint density at radius 2 is 1.92 bits per heavy atom. The number of imide groups is 1. The Balaban J connectivity index is 1.37. The Labute approximate surface area is 162 Å². The molecule has 1 saturated carbocycles. The molecule has 6 nitrogen and oxygen atoms in total. The van der Waals surface area contributed by atoms with Gasteiger partial charge in [-0.1, -0.05) is 36.6 Å². The van der Waals surface area contributed by atoms with Crippen molar-refractivity contribution in [1.29, 1.82) is 0 Å². The molecule has 1 saturated heterocycles. The van der Waals surface area contributed by atoms with Gasteiger partial charge in [-0.2, -0.15) is 11.8 Å². The first-order valence-corrected chi connectivity index (χ1v) is 10.3. The molecule has 1 aromatic rings. The van der Waals surface area contributed by atoms with Gasteiger partial charge in [-0.15, -0.1) is 0 Å². The number of amides is 4. The quantitative estimate of drug-likeness (QED) is 0.549. The molecule has 1 aliphatic carbocycles. The number of urea groups is 1. The van der Waals surface area contributed by atoms with E-state index in [0.717, 1.165) is 29.2 Å². The molecule has 0 unspecified atom stereocenters. The summed E-state index contributed by atoms with van der Waals surface area (Å²) in [4.78, 5) is 37.6. The number of hydrogen-bond donors (Lipinski definition) is 2. The van der Waals surface area contributed by atoms with Crippen molar-refractivity contribution >= 4 is 41.2 Å². The third kappa shape index (κ3) is 4.32. The van der Waals surface area contributed by atoms with Crippen LogP contribution in [0.25, 0.3) is 0 Å². The van der Waals surface area contributed by atoms with E-state index in [1.807, 2.05) is 24.3 Å². The number of benzene rings is 1. The summed E-state index contributed by atoms with van der Waals surface area (Å²) in [5.74, 6) is 1.02. The average Bonchev–Trinajstić information content (AvgIpc) is 3.17. The predicted molar refractivity (Wildman–Crippen MR) is 102 cm³/mol. The highest BCUT2D eigenvalue weighted by Crippen LogP contribution is 2.34. The molecule has 1 aliphatic heterocycles. The van der Waals surface area contributed by atoms with Gasteiger partial charge in [0.25, 0.3) is 5.91 Å². The molecule has 2 fully saturated rings. The van der Waals surface area contributed by atoms with Crippen molar-refractivity contribution in [1.82, 2.24) is 15.5 Å². The maximum Gasteiger partial charge on any atom is 0.325 e. The van der Waals surface area contributed by atoms with Crippen molar-refractivity contribution in [2.75, 3.05) is 18.8 Å². The maximum atomic E-state index is 12.5. The van der Waals surface area contributed by atoms with Crippen LogP contribution in [0.4, 0.5) is 4.79 Å². The summed E-state index contributed by atoms with van der Waals surface area (Å²) in [6, 6.07) is 7.21. The fourth-order valence-corrected chi connectivity index (χ4v) is 4.31. The first-order valence-electron chi connectivity index (χ1n) is 8.73. The van der Waals surface area contributed by atoms with Gasteiger partial charge in [0.1, 0.15) is 12.1 Å². The van der Waals surface area contributed by atoms with E-state index in [-0.39, 0.29) is 18.4 Å². The lowest BCUT2D eigenvalue weighted by Gasteiger charge is -2.19. The molecule has 0 radical (unpaired) electrons. The van der Waals surface area contributed by atoms with Crippen LogP contribution in [-0.2, 0) is 15.3 Å². The lowest BCUT2D eigenvalue weighted by molar-refractivity contribution is -0.134. The van der Waals surface area contributed by atoms with Gasteiger partial charge in [-0.3, -0.25) is 14.5 Å². The van der Waals surface area contributed by atoms with Gasteiger partial charge < -0.3 is 10.6 Å². The predicted octanol–water partition coefficient (Wildman–Crippen LogP) is 2.55. The minimum Gasteiger partial charge on any atom is -0.354 e. The van der Waals surface area contributed by atoms with Crippen LogP contribution in [0.5, 0.6) is 0 Å². The summed E-state index contributed by atoms with van der Waals surface area (Å²) in [5, 5.41) is 6.26. The van der Waals surface area contributed by atoms with E-state index >= 15 is 0 Å². The number of carbonyl (C=O) groups is 3. The van der Waals surface area contributed by atoms with Gasteiger partial charge in [-0.05, 0) is 30.5 Å². The molecule has 0 atom stereocenters. The number of nitrogens with zero attached hydrogens (tertiary/aromatic N) is 1. The van der Waals surface area contributed by atoms with Gasteiger partial charge in [0, 0.05) is 23.1 Å². The summed E-state index contributed by atoms with van der Waals surface area (Å²) in [5.41, 5.74) is 0.415. The zero-order valence-electron chi connectivity index (χ0n) is 14.4. The number of carbonyl (C=O) groups excluding carboxylic acids is 3. The Bertz CT molecular complexity index is 689. The van der Waals surface area contributed by atoms with E-state index in [0.29, 0.717) is 24.4 Å². The van der Waals surface area contributed by atoms with Gasteiger partial charge in [0.15, 0.2) is 0 Å². The molecule has 2 N–H and O–H groups in total. The summed E-state index contributed by atoms with van der Waals surface area (Å²) >= 11 is 7.55. The average molecular weight is 396 g/mol. The second-order valence-corrected chi connectivity index (χ2v) is 8.18. The van der Waals surface area contributed by atoms with E-state index < -0.39 is 11.6 Å². The highest BCUT2D eigenvalue weighted by Gasteiger charge is 2.52.